The van der Waals surface area contributed by atoms with Gasteiger partial charge in [0, 0.05) is 0 Å². The molecule has 0 unspecified atom stereocenters. The molecule has 0 saturated heterocycles. The van der Waals surface area contributed by atoms with Gasteiger partial charge >= 0.3 is 6.18 Å². The number of hydrogen-bond acceptors (Lipinski definition) is 2. The summed E-state index contributed by atoms with van der Waals surface area (Å²) in [6, 6.07) is 0.834. The molecule has 1 rings (SSSR count). The van der Waals surface area contributed by atoms with Crippen molar-refractivity contribution < 1.29 is 26.3 Å². The summed E-state index contributed by atoms with van der Waals surface area (Å²) in [5.41, 5.74) is -4.41. The largest absolute Gasteiger partial charge is 0.419 e. The maximum atomic E-state index is 12.8. The standard InChI is InChI=1S/C8H2F6N2/c9-4-1-3(8(12,13)14)5(2-15)16-6(4)7(10)11/h1,7H. The number of nitriles is 1. The molecule has 0 radical (unpaired) electrons. The molecule has 86 valence electrons. The molecule has 1 aromatic rings. The molecule has 0 fully saturated rings. The van der Waals surface area contributed by atoms with Crippen molar-refractivity contribution >= 4 is 0 Å². The summed E-state index contributed by atoms with van der Waals surface area (Å²) in [5.74, 6) is -1.79. The van der Waals surface area contributed by atoms with Crippen LogP contribution in [0.15, 0.2) is 6.07 Å². The Kier molecular flexibility index (Phi) is 3.07. The molecule has 0 saturated carbocycles. The predicted octanol–water partition coefficient (Wildman–Crippen LogP) is 3.05. The van der Waals surface area contributed by atoms with Crippen molar-refractivity contribution in [3.8, 4) is 6.07 Å². The van der Waals surface area contributed by atoms with E-state index < -0.39 is 35.4 Å². The van der Waals surface area contributed by atoms with Gasteiger partial charge in [-0.05, 0) is 6.07 Å². The van der Waals surface area contributed by atoms with Gasteiger partial charge in [0.1, 0.15) is 11.8 Å². The number of rotatable bonds is 1. The van der Waals surface area contributed by atoms with Crippen LogP contribution in [0.2, 0.25) is 0 Å². The van der Waals surface area contributed by atoms with Gasteiger partial charge in [-0.3, -0.25) is 0 Å². The Morgan fingerprint density at radius 1 is 1.31 bits per heavy atom. The third-order valence-electron chi connectivity index (χ3n) is 1.62. The van der Waals surface area contributed by atoms with Gasteiger partial charge in [-0.2, -0.15) is 18.4 Å². The lowest BCUT2D eigenvalue weighted by Gasteiger charge is -2.09. The van der Waals surface area contributed by atoms with Gasteiger partial charge in [0.2, 0.25) is 0 Å². The normalized spacial score (nSPS) is 11.6. The lowest BCUT2D eigenvalue weighted by Crippen LogP contribution is -2.12. The van der Waals surface area contributed by atoms with E-state index in [-0.39, 0.29) is 6.07 Å². The molecule has 0 bridgehead atoms. The van der Waals surface area contributed by atoms with Crippen molar-refractivity contribution in [2.75, 3.05) is 0 Å². The predicted molar refractivity (Wildman–Crippen MR) is 38.9 cm³/mol. The Bertz CT molecular complexity index is 445. The Hall–Kier alpha value is -1.78. The van der Waals surface area contributed by atoms with Crippen LogP contribution >= 0.6 is 0 Å². The van der Waals surface area contributed by atoms with E-state index in [1.54, 1.807) is 0 Å². The summed E-state index contributed by atoms with van der Waals surface area (Å²) in [7, 11) is 0. The van der Waals surface area contributed by atoms with Gasteiger partial charge in [-0.25, -0.2) is 18.2 Å². The minimum Gasteiger partial charge on any atom is -0.232 e. The molecule has 1 heterocycles. The Labute approximate surface area is 85.1 Å². The molecule has 0 aliphatic heterocycles. The molecule has 0 N–H and O–H groups in total. The molecule has 8 heteroatoms. The molecule has 16 heavy (non-hydrogen) atoms. The molecule has 0 atom stereocenters. The summed E-state index contributed by atoms with van der Waals surface area (Å²) >= 11 is 0. The van der Waals surface area contributed by atoms with Crippen molar-refractivity contribution in [1.82, 2.24) is 4.98 Å². The average molecular weight is 240 g/mol. The van der Waals surface area contributed by atoms with E-state index in [4.69, 9.17) is 5.26 Å². The minimum atomic E-state index is -5.01. The van der Waals surface area contributed by atoms with Gasteiger partial charge in [0.15, 0.2) is 11.5 Å². The molecule has 2 nitrogen and oxygen atoms in total. The van der Waals surface area contributed by atoms with Gasteiger partial charge in [-0.15, -0.1) is 0 Å². The zero-order valence-electron chi connectivity index (χ0n) is 7.32. The van der Waals surface area contributed by atoms with Crippen molar-refractivity contribution in [2.45, 2.75) is 12.6 Å². The molecular formula is C8H2F6N2. The van der Waals surface area contributed by atoms with Gasteiger partial charge in [-0.1, -0.05) is 0 Å². The van der Waals surface area contributed by atoms with Gasteiger partial charge < -0.3 is 0 Å². The van der Waals surface area contributed by atoms with Gasteiger partial charge in [0.05, 0.1) is 5.56 Å². The van der Waals surface area contributed by atoms with Crippen LogP contribution in [0.5, 0.6) is 0 Å². The molecule has 0 aliphatic rings. The highest BCUT2D eigenvalue weighted by Crippen LogP contribution is 2.33. The first-order valence-electron chi connectivity index (χ1n) is 3.73. The van der Waals surface area contributed by atoms with Crippen LogP contribution in [0.3, 0.4) is 0 Å². The summed E-state index contributed by atoms with van der Waals surface area (Å²) in [4.78, 5) is 2.65. The molecule has 0 amide bonds. The maximum Gasteiger partial charge on any atom is 0.419 e. The van der Waals surface area contributed by atoms with Crippen LogP contribution in [0.25, 0.3) is 0 Å². The third kappa shape index (κ3) is 2.24. The molecule has 0 spiro atoms. The van der Waals surface area contributed by atoms with Crippen molar-refractivity contribution in [1.29, 1.82) is 5.26 Å². The quantitative estimate of drug-likeness (QED) is 0.707. The van der Waals surface area contributed by atoms with Crippen LogP contribution in [0, 0.1) is 17.1 Å². The minimum absolute atomic E-state index is 0.160. The van der Waals surface area contributed by atoms with Gasteiger partial charge in [0.25, 0.3) is 6.43 Å². The van der Waals surface area contributed by atoms with E-state index in [2.05, 4.69) is 4.98 Å². The van der Waals surface area contributed by atoms with E-state index in [0.29, 0.717) is 0 Å². The number of hydrogen-bond donors (Lipinski definition) is 0. The fourth-order valence-corrected chi connectivity index (χ4v) is 0.957. The summed E-state index contributed by atoms with van der Waals surface area (Å²) in [6.45, 7) is 0. The lowest BCUT2D eigenvalue weighted by molar-refractivity contribution is -0.138. The summed E-state index contributed by atoms with van der Waals surface area (Å²) in [5, 5.41) is 8.30. The second kappa shape index (κ2) is 4.00. The topological polar surface area (TPSA) is 36.7 Å². The Morgan fingerprint density at radius 3 is 2.25 bits per heavy atom. The number of halogens is 6. The fourth-order valence-electron chi connectivity index (χ4n) is 0.957. The smallest absolute Gasteiger partial charge is 0.232 e. The second-order valence-electron chi connectivity index (χ2n) is 2.66. The number of nitrogens with zero attached hydrogens (tertiary/aromatic N) is 2. The Morgan fingerprint density at radius 2 is 1.88 bits per heavy atom. The first-order valence-corrected chi connectivity index (χ1v) is 3.73. The average Bonchev–Trinajstić information content (AvgIpc) is 2.15. The summed E-state index contributed by atoms with van der Waals surface area (Å²) in [6.07, 6.45) is -8.39. The molecule has 0 aliphatic carbocycles. The second-order valence-corrected chi connectivity index (χ2v) is 2.66. The van der Waals surface area contributed by atoms with E-state index in [9.17, 15) is 26.3 Å². The van der Waals surface area contributed by atoms with Crippen molar-refractivity contribution in [3.63, 3.8) is 0 Å². The Balaban J connectivity index is 3.46. The highest BCUT2D eigenvalue weighted by molar-refractivity contribution is 5.35. The number of alkyl halides is 5. The third-order valence-corrected chi connectivity index (χ3v) is 1.62. The molecular weight excluding hydrogens is 238 g/mol. The molecule has 0 aromatic carbocycles. The van der Waals surface area contributed by atoms with Crippen LogP contribution in [0.1, 0.15) is 23.4 Å². The zero-order chi connectivity index (χ0) is 12.5. The fraction of sp³-hybridized carbons (Fsp3) is 0.250. The SMILES string of the molecule is N#Cc1nc(C(F)F)c(F)cc1C(F)(F)F. The van der Waals surface area contributed by atoms with E-state index in [1.807, 2.05) is 0 Å². The number of pyridine rings is 1. The zero-order valence-corrected chi connectivity index (χ0v) is 7.32. The highest BCUT2D eigenvalue weighted by Gasteiger charge is 2.36. The van der Waals surface area contributed by atoms with Crippen molar-refractivity contribution in [2.24, 2.45) is 0 Å². The maximum absolute atomic E-state index is 12.8. The van der Waals surface area contributed by atoms with Crippen LogP contribution < -0.4 is 0 Å². The summed E-state index contributed by atoms with van der Waals surface area (Å²) < 4.78 is 73.6. The van der Waals surface area contributed by atoms with Crippen LogP contribution in [-0.2, 0) is 6.18 Å². The first-order chi connectivity index (χ1) is 7.27. The van der Waals surface area contributed by atoms with E-state index in [0.717, 1.165) is 6.07 Å². The molecule has 1 aromatic heterocycles. The first kappa shape index (κ1) is 12.3. The van der Waals surface area contributed by atoms with Crippen LogP contribution in [0.4, 0.5) is 26.3 Å². The highest BCUT2D eigenvalue weighted by atomic mass is 19.4. The number of aromatic nitrogens is 1. The van der Waals surface area contributed by atoms with E-state index >= 15 is 0 Å². The van der Waals surface area contributed by atoms with Crippen molar-refractivity contribution in [3.05, 3.63) is 28.8 Å². The lowest BCUT2D eigenvalue weighted by atomic mass is 10.1. The van der Waals surface area contributed by atoms with Crippen LogP contribution in [-0.4, -0.2) is 4.98 Å². The van der Waals surface area contributed by atoms with E-state index in [1.165, 1.54) is 0 Å². The monoisotopic (exact) mass is 240 g/mol.